The zero-order chi connectivity index (χ0) is 11.9. The number of pyridine rings is 1. The van der Waals surface area contributed by atoms with Crippen molar-refractivity contribution >= 4 is 22.4 Å². The van der Waals surface area contributed by atoms with Crippen molar-refractivity contribution in [3.8, 4) is 0 Å². The predicted octanol–water partition coefficient (Wildman–Crippen LogP) is 2.23. The van der Waals surface area contributed by atoms with Crippen LogP contribution in [0, 0.1) is 0 Å². The zero-order valence-corrected chi connectivity index (χ0v) is 9.80. The smallest absolute Gasteiger partial charge is 0.0786 e. The fourth-order valence-corrected chi connectivity index (χ4v) is 2.55. The van der Waals surface area contributed by atoms with Crippen molar-refractivity contribution in [3.63, 3.8) is 0 Å². The standard InChI is InChI=1S/C17H11N/c1-4-8-15-12(5-1)9-10-18-17(15)16-11-13-6-2-3-7-14(13)16/h1-11H. The molecule has 1 heterocycles. The Morgan fingerprint density at radius 3 is 2.56 bits per heavy atom. The minimum absolute atomic E-state index is 1.09. The van der Waals surface area contributed by atoms with Gasteiger partial charge in [-0.2, -0.15) is 0 Å². The van der Waals surface area contributed by atoms with Crippen LogP contribution in [0.5, 0.6) is 0 Å². The monoisotopic (exact) mass is 229 g/mol. The lowest BCUT2D eigenvalue weighted by molar-refractivity contribution is 1.29. The number of benzene rings is 2. The van der Waals surface area contributed by atoms with Gasteiger partial charge in [0.25, 0.3) is 0 Å². The van der Waals surface area contributed by atoms with Crippen molar-refractivity contribution in [1.82, 2.24) is 4.98 Å². The van der Waals surface area contributed by atoms with Gasteiger partial charge in [0.05, 0.1) is 5.69 Å². The summed E-state index contributed by atoms with van der Waals surface area (Å²) in [6, 6.07) is 18.9. The second-order valence-electron chi connectivity index (χ2n) is 4.53. The summed E-state index contributed by atoms with van der Waals surface area (Å²) in [5.74, 6) is 0. The molecule has 4 rings (SSSR count). The molecule has 1 nitrogen and oxygen atoms in total. The molecule has 0 spiro atoms. The van der Waals surface area contributed by atoms with Gasteiger partial charge in [-0.05, 0) is 28.0 Å². The average molecular weight is 229 g/mol. The molecular weight excluding hydrogens is 218 g/mol. The quantitative estimate of drug-likeness (QED) is 0.623. The van der Waals surface area contributed by atoms with E-state index < -0.39 is 0 Å². The molecule has 0 saturated carbocycles. The molecule has 1 aromatic heterocycles. The molecule has 0 unspecified atom stereocenters. The highest BCUT2D eigenvalue weighted by atomic mass is 14.7. The van der Waals surface area contributed by atoms with Gasteiger partial charge in [0.15, 0.2) is 0 Å². The number of hydrogen-bond donors (Lipinski definition) is 0. The molecule has 1 aliphatic rings. The van der Waals surface area contributed by atoms with Crippen molar-refractivity contribution in [2.24, 2.45) is 0 Å². The molecule has 1 heteroatoms. The molecular formula is C17H11N. The molecule has 2 aromatic carbocycles. The summed E-state index contributed by atoms with van der Waals surface area (Å²) >= 11 is 0. The van der Waals surface area contributed by atoms with Gasteiger partial charge in [-0.25, -0.2) is 0 Å². The van der Waals surface area contributed by atoms with E-state index in [-0.39, 0.29) is 0 Å². The second kappa shape index (κ2) is 3.54. The van der Waals surface area contributed by atoms with Gasteiger partial charge in [-0.15, -0.1) is 0 Å². The van der Waals surface area contributed by atoms with Crippen molar-refractivity contribution in [1.29, 1.82) is 0 Å². The SMILES string of the molecule is C1=c2ccccc2=C1c1nccc2ccccc12. The highest BCUT2D eigenvalue weighted by Crippen LogP contribution is 2.23. The summed E-state index contributed by atoms with van der Waals surface area (Å²) < 4.78 is 0. The Balaban J connectivity index is 2.08. The maximum absolute atomic E-state index is 4.56. The third kappa shape index (κ3) is 1.25. The lowest BCUT2D eigenvalue weighted by Crippen LogP contribution is -2.34. The van der Waals surface area contributed by atoms with Gasteiger partial charge in [-0.1, -0.05) is 48.5 Å². The van der Waals surface area contributed by atoms with Gasteiger partial charge in [-0.3, -0.25) is 4.98 Å². The fraction of sp³-hybridized carbons (Fsp3) is 0. The first-order valence-corrected chi connectivity index (χ1v) is 6.09. The molecule has 84 valence electrons. The topological polar surface area (TPSA) is 12.9 Å². The molecule has 18 heavy (non-hydrogen) atoms. The van der Waals surface area contributed by atoms with Crippen molar-refractivity contribution in [3.05, 3.63) is 76.9 Å². The van der Waals surface area contributed by atoms with Gasteiger partial charge in [0.2, 0.25) is 0 Å². The highest BCUT2D eigenvalue weighted by Gasteiger charge is 2.11. The summed E-state index contributed by atoms with van der Waals surface area (Å²) in [7, 11) is 0. The van der Waals surface area contributed by atoms with Crippen LogP contribution in [-0.4, -0.2) is 4.98 Å². The highest BCUT2D eigenvalue weighted by molar-refractivity contribution is 6.01. The number of aromatic nitrogens is 1. The average Bonchev–Trinajstić information content (AvgIpc) is 2.40. The van der Waals surface area contributed by atoms with E-state index in [0.717, 1.165) is 5.69 Å². The third-order valence-corrected chi connectivity index (χ3v) is 3.48. The first-order valence-electron chi connectivity index (χ1n) is 6.09. The van der Waals surface area contributed by atoms with Gasteiger partial charge < -0.3 is 0 Å². The summed E-state index contributed by atoms with van der Waals surface area (Å²) in [5, 5.41) is 5.08. The van der Waals surface area contributed by atoms with E-state index in [1.807, 2.05) is 6.20 Å². The fourth-order valence-electron chi connectivity index (χ4n) is 2.55. The van der Waals surface area contributed by atoms with Crippen LogP contribution in [0.4, 0.5) is 0 Å². The molecule has 0 amide bonds. The minimum Gasteiger partial charge on any atom is -0.256 e. The molecule has 1 aliphatic carbocycles. The maximum Gasteiger partial charge on any atom is 0.0786 e. The van der Waals surface area contributed by atoms with E-state index in [1.165, 1.54) is 26.8 Å². The van der Waals surface area contributed by atoms with Crippen LogP contribution in [0.3, 0.4) is 0 Å². The van der Waals surface area contributed by atoms with E-state index in [2.05, 4.69) is 65.7 Å². The first-order chi connectivity index (χ1) is 8.93. The predicted molar refractivity (Wildman–Crippen MR) is 74.4 cm³/mol. The maximum atomic E-state index is 4.56. The van der Waals surface area contributed by atoms with E-state index >= 15 is 0 Å². The normalized spacial score (nSPS) is 12.8. The molecule has 0 saturated heterocycles. The van der Waals surface area contributed by atoms with Crippen molar-refractivity contribution in [2.45, 2.75) is 0 Å². The second-order valence-corrected chi connectivity index (χ2v) is 4.53. The number of fused-ring (bicyclic) bond motifs is 2. The van der Waals surface area contributed by atoms with Crippen molar-refractivity contribution in [2.75, 3.05) is 0 Å². The van der Waals surface area contributed by atoms with Crippen LogP contribution in [0.25, 0.3) is 22.4 Å². The van der Waals surface area contributed by atoms with Crippen LogP contribution in [0.15, 0.2) is 60.8 Å². The number of hydrogen-bond acceptors (Lipinski definition) is 1. The molecule has 0 atom stereocenters. The van der Waals surface area contributed by atoms with E-state index in [0.29, 0.717) is 0 Å². The van der Waals surface area contributed by atoms with Crippen LogP contribution in [0.1, 0.15) is 5.69 Å². The third-order valence-electron chi connectivity index (χ3n) is 3.48. The van der Waals surface area contributed by atoms with Crippen LogP contribution < -0.4 is 10.4 Å². The van der Waals surface area contributed by atoms with E-state index in [1.54, 1.807) is 0 Å². The summed E-state index contributed by atoms with van der Waals surface area (Å²) in [5.41, 5.74) is 2.34. The largest absolute Gasteiger partial charge is 0.256 e. The Bertz CT molecular complexity index is 870. The first kappa shape index (κ1) is 9.60. The minimum atomic E-state index is 1.09. The number of nitrogens with zero attached hydrogens (tertiary/aromatic N) is 1. The van der Waals surface area contributed by atoms with Crippen LogP contribution in [0.2, 0.25) is 0 Å². The van der Waals surface area contributed by atoms with Gasteiger partial charge in [0.1, 0.15) is 0 Å². The van der Waals surface area contributed by atoms with Crippen molar-refractivity contribution < 1.29 is 0 Å². The van der Waals surface area contributed by atoms with Gasteiger partial charge in [0, 0.05) is 17.2 Å². The van der Waals surface area contributed by atoms with E-state index in [4.69, 9.17) is 0 Å². The molecule has 0 radical (unpaired) electrons. The zero-order valence-electron chi connectivity index (χ0n) is 9.80. The molecule has 3 aromatic rings. The molecule has 0 bridgehead atoms. The van der Waals surface area contributed by atoms with Crippen LogP contribution >= 0.6 is 0 Å². The lowest BCUT2D eigenvalue weighted by Gasteiger charge is -2.12. The Morgan fingerprint density at radius 1 is 0.778 bits per heavy atom. The Morgan fingerprint density at radius 2 is 1.61 bits per heavy atom. The van der Waals surface area contributed by atoms with Crippen LogP contribution in [-0.2, 0) is 0 Å². The molecule has 0 aliphatic heterocycles. The van der Waals surface area contributed by atoms with Gasteiger partial charge >= 0.3 is 0 Å². The summed E-state index contributed by atoms with van der Waals surface area (Å²) in [6.07, 6.45) is 4.10. The van der Waals surface area contributed by atoms with E-state index in [9.17, 15) is 0 Å². The number of rotatable bonds is 1. The Hall–Kier alpha value is -2.41. The Kier molecular flexibility index (Phi) is 1.89. The lowest BCUT2D eigenvalue weighted by atomic mass is 9.94. The summed E-state index contributed by atoms with van der Waals surface area (Å²) in [4.78, 5) is 4.56. The summed E-state index contributed by atoms with van der Waals surface area (Å²) in [6.45, 7) is 0. The molecule has 0 fully saturated rings. The Labute approximate surface area is 105 Å². The molecule has 0 N–H and O–H groups in total.